The predicted octanol–water partition coefficient (Wildman–Crippen LogP) is 2.32. The largest absolute Gasteiger partial charge is 0.381 e. The fourth-order valence-electron chi connectivity index (χ4n) is 2.62. The van der Waals surface area contributed by atoms with Gasteiger partial charge in [0.1, 0.15) is 5.78 Å². The molecule has 0 atom stereocenters. The highest BCUT2D eigenvalue weighted by molar-refractivity contribution is 5.85. The van der Waals surface area contributed by atoms with Gasteiger partial charge < -0.3 is 4.74 Å². The summed E-state index contributed by atoms with van der Waals surface area (Å²) in [5, 5.41) is 0. The molecule has 0 N–H and O–H groups in total. The van der Waals surface area contributed by atoms with Gasteiger partial charge in [-0.25, -0.2) is 0 Å². The molecule has 0 radical (unpaired) electrons. The first-order valence-corrected chi connectivity index (χ1v) is 5.45. The average molecular weight is 182 g/mol. The Kier molecular flexibility index (Phi) is 2.68. The number of ether oxygens (including phenoxy) is 1. The minimum Gasteiger partial charge on any atom is -0.381 e. The molecule has 74 valence electrons. The van der Waals surface area contributed by atoms with Crippen LogP contribution in [0.15, 0.2) is 0 Å². The number of hydrogen-bond acceptors (Lipinski definition) is 2. The molecule has 0 unspecified atom stereocenters. The number of carbonyl (C=O) groups is 1. The van der Waals surface area contributed by atoms with E-state index < -0.39 is 0 Å². The molecule has 1 aliphatic heterocycles. The zero-order chi connectivity index (χ0) is 9.15. The minimum atomic E-state index is 0.0365. The van der Waals surface area contributed by atoms with Crippen LogP contribution in [-0.2, 0) is 9.53 Å². The molecule has 0 bridgehead atoms. The lowest BCUT2D eigenvalue weighted by Gasteiger charge is -2.34. The molecule has 2 aliphatic rings. The molecule has 2 nitrogen and oxygen atoms in total. The maximum atomic E-state index is 11.9. The molecule has 1 spiro atoms. The lowest BCUT2D eigenvalue weighted by atomic mass is 9.73. The molecule has 0 aromatic rings. The quantitative estimate of drug-likeness (QED) is 0.574. The number of rotatable bonds is 0. The van der Waals surface area contributed by atoms with Crippen LogP contribution >= 0.6 is 0 Å². The molecule has 1 saturated heterocycles. The van der Waals surface area contributed by atoms with Gasteiger partial charge in [0, 0.05) is 25.0 Å². The van der Waals surface area contributed by atoms with Crippen molar-refractivity contribution in [1.82, 2.24) is 0 Å². The van der Waals surface area contributed by atoms with Crippen LogP contribution in [0.25, 0.3) is 0 Å². The summed E-state index contributed by atoms with van der Waals surface area (Å²) >= 11 is 0. The van der Waals surface area contributed by atoms with Crippen molar-refractivity contribution < 1.29 is 9.53 Å². The number of carbonyl (C=O) groups excluding carboxylic acids is 1. The molecule has 0 aromatic heterocycles. The van der Waals surface area contributed by atoms with Gasteiger partial charge in [0.25, 0.3) is 0 Å². The smallest absolute Gasteiger partial charge is 0.139 e. The standard InChI is InChI=1S/C11H18O2/c12-10-4-2-1-3-5-11(10)6-8-13-9-7-11/h1-9H2. The van der Waals surface area contributed by atoms with Crippen LogP contribution in [0, 0.1) is 5.41 Å². The van der Waals surface area contributed by atoms with E-state index in [1.807, 2.05) is 0 Å². The number of Topliss-reactive ketones (excluding diaryl/α,β-unsaturated/α-hetero) is 1. The van der Waals surface area contributed by atoms with Gasteiger partial charge in [0.05, 0.1) is 0 Å². The zero-order valence-electron chi connectivity index (χ0n) is 8.18. The topological polar surface area (TPSA) is 26.3 Å². The van der Waals surface area contributed by atoms with Gasteiger partial charge in [0.2, 0.25) is 0 Å². The van der Waals surface area contributed by atoms with Gasteiger partial charge in [-0.05, 0) is 25.7 Å². The van der Waals surface area contributed by atoms with Crippen molar-refractivity contribution in [3.8, 4) is 0 Å². The van der Waals surface area contributed by atoms with Crippen LogP contribution < -0.4 is 0 Å². The van der Waals surface area contributed by atoms with E-state index in [0.717, 1.165) is 45.3 Å². The first-order chi connectivity index (χ1) is 6.33. The van der Waals surface area contributed by atoms with Crippen molar-refractivity contribution in [3.05, 3.63) is 0 Å². The summed E-state index contributed by atoms with van der Waals surface area (Å²) < 4.78 is 5.33. The Labute approximate surface area is 79.7 Å². The van der Waals surface area contributed by atoms with E-state index in [-0.39, 0.29) is 5.41 Å². The van der Waals surface area contributed by atoms with E-state index in [9.17, 15) is 4.79 Å². The normalized spacial score (nSPS) is 28.8. The van der Waals surface area contributed by atoms with Crippen LogP contribution in [0.2, 0.25) is 0 Å². The van der Waals surface area contributed by atoms with Crippen molar-refractivity contribution in [2.45, 2.75) is 44.9 Å². The lowest BCUT2D eigenvalue weighted by molar-refractivity contribution is -0.134. The summed E-state index contributed by atoms with van der Waals surface area (Å²) in [5.74, 6) is 0.522. The first kappa shape index (κ1) is 9.20. The summed E-state index contributed by atoms with van der Waals surface area (Å²) in [6.07, 6.45) is 7.49. The average Bonchev–Trinajstić information content (AvgIpc) is 2.33. The highest BCUT2D eigenvalue weighted by Gasteiger charge is 2.39. The molecule has 1 saturated carbocycles. The van der Waals surface area contributed by atoms with Crippen molar-refractivity contribution in [3.63, 3.8) is 0 Å². The fourth-order valence-corrected chi connectivity index (χ4v) is 2.62. The first-order valence-electron chi connectivity index (χ1n) is 5.45. The second-order valence-corrected chi connectivity index (χ2v) is 4.38. The van der Waals surface area contributed by atoms with Gasteiger partial charge in [-0.15, -0.1) is 0 Å². The lowest BCUT2D eigenvalue weighted by Crippen LogP contribution is -2.36. The van der Waals surface area contributed by atoms with Crippen LogP contribution in [0.1, 0.15) is 44.9 Å². The van der Waals surface area contributed by atoms with E-state index in [2.05, 4.69) is 0 Å². The third-order valence-corrected chi connectivity index (χ3v) is 3.60. The highest BCUT2D eigenvalue weighted by Crippen LogP contribution is 2.40. The number of ketones is 1. The summed E-state index contributed by atoms with van der Waals surface area (Å²) in [6, 6.07) is 0. The van der Waals surface area contributed by atoms with Gasteiger partial charge >= 0.3 is 0 Å². The maximum absolute atomic E-state index is 11.9. The van der Waals surface area contributed by atoms with Crippen LogP contribution in [0.4, 0.5) is 0 Å². The van der Waals surface area contributed by atoms with Crippen LogP contribution in [0.3, 0.4) is 0 Å². The molecule has 0 aromatic carbocycles. The Bertz CT molecular complexity index is 192. The molecule has 1 heterocycles. The van der Waals surface area contributed by atoms with Gasteiger partial charge in [-0.2, -0.15) is 0 Å². The highest BCUT2D eigenvalue weighted by atomic mass is 16.5. The van der Waals surface area contributed by atoms with Gasteiger partial charge in [0.15, 0.2) is 0 Å². The van der Waals surface area contributed by atoms with Gasteiger partial charge in [-0.3, -0.25) is 4.79 Å². The second kappa shape index (κ2) is 3.79. The SMILES string of the molecule is O=C1CCCCCC12CCOCC2. The summed E-state index contributed by atoms with van der Waals surface area (Å²) in [5.41, 5.74) is 0.0365. The van der Waals surface area contributed by atoms with E-state index in [0.29, 0.717) is 5.78 Å². The maximum Gasteiger partial charge on any atom is 0.139 e. The molecular weight excluding hydrogens is 164 g/mol. The van der Waals surface area contributed by atoms with E-state index in [1.54, 1.807) is 0 Å². The Hall–Kier alpha value is -0.370. The van der Waals surface area contributed by atoms with Crippen molar-refractivity contribution in [2.75, 3.05) is 13.2 Å². The second-order valence-electron chi connectivity index (χ2n) is 4.38. The monoisotopic (exact) mass is 182 g/mol. The zero-order valence-corrected chi connectivity index (χ0v) is 8.18. The Balaban J connectivity index is 2.10. The predicted molar refractivity (Wildman–Crippen MR) is 50.6 cm³/mol. The minimum absolute atomic E-state index is 0.0365. The van der Waals surface area contributed by atoms with Crippen molar-refractivity contribution >= 4 is 5.78 Å². The van der Waals surface area contributed by atoms with Crippen LogP contribution in [0.5, 0.6) is 0 Å². The summed E-state index contributed by atoms with van der Waals surface area (Å²) in [6.45, 7) is 1.59. The molecule has 0 amide bonds. The third-order valence-electron chi connectivity index (χ3n) is 3.60. The van der Waals surface area contributed by atoms with Crippen molar-refractivity contribution in [1.29, 1.82) is 0 Å². The van der Waals surface area contributed by atoms with E-state index in [1.165, 1.54) is 12.8 Å². The van der Waals surface area contributed by atoms with Crippen molar-refractivity contribution in [2.24, 2.45) is 5.41 Å². The Morgan fingerprint density at radius 1 is 1.00 bits per heavy atom. The molecule has 2 heteroatoms. The summed E-state index contributed by atoms with van der Waals surface area (Å²) in [4.78, 5) is 11.9. The number of hydrogen-bond donors (Lipinski definition) is 0. The Morgan fingerprint density at radius 2 is 1.77 bits per heavy atom. The third kappa shape index (κ3) is 1.78. The molecular formula is C11H18O2. The van der Waals surface area contributed by atoms with E-state index in [4.69, 9.17) is 4.74 Å². The fraction of sp³-hybridized carbons (Fsp3) is 0.909. The molecule has 2 fully saturated rings. The van der Waals surface area contributed by atoms with Crippen LogP contribution in [-0.4, -0.2) is 19.0 Å². The molecule has 2 rings (SSSR count). The van der Waals surface area contributed by atoms with Gasteiger partial charge in [-0.1, -0.05) is 12.8 Å². The summed E-state index contributed by atoms with van der Waals surface area (Å²) in [7, 11) is 0. The Morgan fingerprint density at radius 3 is 2.54 bits per heavy atom. The van der Waals surface area contributed by atoms with E-state index >= 15 is 0 Å². The molecule has 13 heavy (non-hydrogen) atoms. The molecule has 1 aliphatic carbocycles.